The highest BCUT2D eigenvalue weighted by Gasteiger charge is 2.47. The first-order chi connectivity index (χ1) is 10.6. The molecule has 2 aromatic rings. The number of nitrogens with zero attached hydrogens (tertiary/aromatic N) is 1. The number of rotatable bonds is 5. The molecule has 0 N–H and O–H groups in total. The minimum absolute atomic E-state index is 0.194. The summed E-state index contributed by atoms with van der Waals surface area (Å²) in [6, 6.07) is 18.1. The zero-order valence-electron chi connectivity index (χ0n) is 13.1. The van der Waals surface area contributed by atoms with E-state index in [0.717, 1.165) is 11.3 Å². The van der Waals surface area contributed by atoms with Gasteiger partial charge in [0.05, 0.1) is 12.0 Å². The molecule has 0 spiro atoms. The number of carbonyl (C=O) groups excluding carboxylic acids is 1. The highest BCUT2D eigenvalue weighted by Crippen LogP contribution is 2.34. The topological polar surface area (TPSA) is 29.5 Å². The molecule has 3 rings (SSSR count). The third-order valence-electron chi connectivity index (χ3n) is 4.24. The summed E-state index contributed by atoms with van der Waals surface area (Å²) in [6.45, 7) is 5.32. The summed E-state index contributed by atoms with van der Waals surface area (Å²) in [7, 11) is 0. The van der Waals surface area contributed by atoms with Crippen LogP contribution in [0, 0.1) is 6.92 Å². The van der Waals surface area contributed by atoms with Gasteiger partial charge in [-0.2, -0.15) is 0 Å². The molecule has 0 aliphatic carbocycles. The second-order valence-electron chi connectivity index (χ2n) is 6.24. The Kier molecular flexibility index (Phi) is 3.88. The van der Waals surface area contributed by atoms with Crippen molar-refractivity contribution in [1.29, 1.82) is 0 Å². The summed E-state index contributed by atoms with van der Waals surface area (Å²) < 4.78 is 5.85. The Balaban J connectivity index is 1.65. The Bertz CT molecular complexity index is 651. The average Bonchev–Trinajstić information content (AvgIpc) is 2.53. The van der Waals surface area contributed by atoms with Gasteiger partial charge in [-0.15, -0.1) is 0 Å². The molecule has 2 aromatic carbocycles. The van der Waals surface area contributed by atoms with E-state index in [-0.39, 0.29) is 11.4 Å². The standard InChI is InChI=1S/C19H21NO2/c1-15-8-10-16(11-9-15)13-20-18(21)12-19(20,2)14-22-17-6-4-3-5-7-17/h3-11H,12-14H2,1-2H3. The van der Waals surface area contributed by atoms with Crippen LogP contribution in [-0.4, -0.2) is 23.0 Å². The van der Waals surface area contributed by atoms with E-state index in [1.807, 2.05) is 35.2 Å². The summed E-state index contributed by atoms with van der Waals surface area (Å²) in [5.74, 6) is 1.04. The van der Waals surface area contributed by atoms with Crippen LogP contribution in [0.15, 0.2) is 54.6 Å². The Morgan fingerprint density at radius 3 is 2.41 bits per heavy atom. The van der Waals surface area contributed by atoms with E-state index in [1.54, 1.807) is 0 Å². The van der Waals surface area contributed by atoms with Crippen LogP contribution in [0.5, 0.6) is 5.75 Å². The summed E-state index contributed by atoms with van der Waals surface area (Å²) >= 11 is 0. The number of likely N-dealkylation sites (tertiary alicyclic amines) is 1. The number of para-hydroxylation sites is 1. The lowest BCUT2D eigenvalue weighted by atomic mass is 9.86. The number of β-lactam (4-membered cyclic amide) rings is 1. The van der Waals surface area contributed by atoms with Crippen LogP contribution in [-0.2, 0) is 11.3 Å². The number of hydrogen-bond donors (Lipinski definition) is 0. The van der Waals surface area contributed by atoms with Crippen LogP contribution in [0.25, 0.3) is 0 Å². The molecule has 1 fully saturated rings. The maximum Gasteiger partial charge on any atom is 0.225 e. The highest BCUT2D eigenvalue weighted by atomic mass is 16.5. The molecule has 22 heavy (non-hydrogen) atoms. The van der Waals surface area contributed by atoms with Crippen molar-refractivity contribution in [3.63, 3.8) is 0 Å². The summed E-state index contributed by atoms with van der Waals surface area (Å²) in [6.07, 6.45) is 0.547. The van der Waals surface area contributed by atoms with Gasteiger partial charge in [-0.25, -0.2) is 0 Å². The van der Waals surface area contributed by atoms with Crippen molar-refractivity contribution in [2.24, 2.45) is 0 Å². The second kappa shape index (κ2) is 5.84. The van der Waals surface area contributed by atoms with Crippen molar-refractivity contribution < 1.29 is 9.53 Å². The van der Waals surface area contributed by atoms with Gasteiger partial charge in [0.25, 0.3) is 0 Å². The molecule has 1 amide bonds. The summed E-state index contributed by atoms with van der Waals surface area (Å²) in [4.78, 5) is 13.9. The van der Waals surface area contributed by atoms with Gasteiger partial charge in [0.2, 0.25) is 5.91 Å². The van der Waals surface area contributed by atoms with Crippen molar-refractivity contribution in [2.45, 2.75) is 32.4 Å². The molecule has 0 radical (unpaired) electrons. The number of hydrogen-bond acceptors (Lipinski definition) is 2. The van der Waals surface area contributed by atoms with Crippen LogP contribution in [0.2, 0.25) is 0 Å². The fourth-order valence-electron chi connectivity index (χ4n) is 2.77. The van der Waals surface area contributed by atoms with Crippen LogP contribution in [0.3, 0.4) is 0 Å². The molecule has 0 bridgehead atoms. The third-order valence-corrected chi connectivity index (χ3v) is 4.24. The maximum absolute atomic E-state index is 12.0. The number of benzene rings is 2. The fraction of sp³-hybridized carbons (Fsp3) is 0.316. The first-order valence-corrected chi connectivity index (χ1v) is 7.61. The van der Waals surface area contributed by atoms with Crippen LogP contribution < -0.4 is 4.74 Å². The quantitative estimate of drug-likeness (QED) is 0.789. The van der Waals surface area contributed by atoms with Crippen molar-refractivity contribution >= 4 is 5.91 Å². The van der Waals surface area contributed by atoms with Crippen LogP contribution >= 0.6 is 0 Å². The minimum atomic E-state index is -0.224. The van der Waals surface area contributed by atoms with Crippen LogP contribution in [0.1, 0.15) is 24.5 Å². The van der Waals surface area contributed by atoms with Gasteiger partial charge in [0.1, 0.15) is 12.4 Å². The van der Waals surface area contributed by atoms with Gasteiger partial charge in [-0.3, -0.25) is 4.79 Å². The third kappa shape index (κ3) is 2.98. The molecule has 3 heteroatoms. The molecule has 1 unspecified atom stereocenters. The molecule has 1 aliphatic heterocycles. The first-order valence-electron chi connectivity index (χ1n) is 7.61. The Hall–Kier alpha value is -2.29. The molecule has 3 nitrogen and oxygen atoms in total. The van der Waals surface area contributed by atoms with Gasteiger partial charge in [0.15, 0.2) is 0 Å². The molecule has 1 saturated heterocycles. The second-order valence-corrected chi connectivity index (χ2v) is 6.24. The largest absolute Gasteiger partial charge is 0.491 e. The minimum Gasteiger partial charge on any atom is -0.491 e. The van der Waals surface area contributed by atoms with Crippen molar-refractivity contribution in [2.75, 3.05) is 6.61 Å². The Labute approximate surface area is 131 Å². The van der Waals surface area contributed by atoms with E-state index in [2.05, 4.69) is 38.1 Å². The lowest BCUT2D eigenvalue weighted by Crippen LogP contribution is -2.64. The molecule has 1 atom stereocenters. The number of aryl methyl sites for hydroxylation is 1. The van der Waals surface area contributed by atoms with Gasteiger partial charge >= 0.3 is 0 Å². The molecular formula is C19H21NO2. The number of carbonyl (C=O) groups is 1. The lowest BCUT2D eigenvalue weighted by molar-refractivity contribution is -0.159. The molecule has 0 aromatic heterocycles. The van der Waals surface area contributed by atoms with Crippen LogP contribution in [0.4, 0.5) is 0 Å². The lowest BCUT2D eigenvalue weighted by Gasteiger charge is -2.49. The molecular weight excluding hydrogens is 274 g/mol. The van der Waals surface area contributed by atoms with Crippen molar-refractivity contribution in [3.05, 3.63) is 65.7 Å². The zero-order chi connectivity index (χ0) is 15.6. The number of ether oxygens (including phenoxy) is 1. The molecule has 114 valence electrons. The van der Waals surface area contributed by atoms with E-state index in [0.29, 0.717) is 19.6 Å². The zero-order valence-corrected chi connectivity index (χ0v) is 13.1. The first kappa shape index (κ1) is 14.6. The smallest absolute Gasteiger partial charge is 0.225 e. The average molecular weight is 295 g/mol. The SMILES string of the molecule is Cc1ccc(CN2C(=O)CC2(C)COc2ccccc2)cc1. The maximum atomic E-state index is 12.0. The van der Waals surface area contributed by atoms with Crippen molar-refractivity contribution in [1.82, 2.24) is 4.90 Å². The predicted molar refractivity (Wildman–Crippen MR) is 86.7 cm³/mol. The van der Waals surface area contributed by atoms with Gasteiger partial charge < -0.3 is 9.64 Å². The summed E-state index contributed by atoms with van der Waals surface area (Å²) in [5.41, 5.74) is 2.16. The fourth-order valence-corrected chi connectivity index (χ4v) is 2.77. The van der Waals surface area contributed by atoms with Gasteiger partial charge in [-0.05, 0) is 31.5 Å². The predicted octanol–water partition coefficient (Wildman–Crippen LogP) is 3.57. The highest BCUT2D eigenvalue weighted by molar-refractivity contribution is 5.84. The van der Waals surface area contributed by atoms with E-state index < -0.39 is 0 Å². The molecule has 0 saturated carbocycles. The van der Waals surface area contributed by atoms with E-state index in [4.69, 9.17) is 4.74 Å². The summed E-state index contributed by atoms with van der Waals surface area (Å²) in [5, 5.41) is 0. The normalized spacial score (nSPS) is 20.6. The van der Waals surface area contributed by atoms with E-state index in [9.17, 15) is 4.79 Å². The Morgan fingerprint density at radius 1 is 1.09 bits per heavy atom. The monoisotopic (exact) mass is 295 g/mol. The van der Waals surface area contributed by atoms with Gasteiger partial charge in [0, 0.05) is 6.54 Å². The Morgan fingerprint density at radius 2 is 1.77 bits per heavy atom. The van der Waals surface area contributed by atoms with Crippen molar-refractivity contribution in [3.8, 4) is 5.75 Å². The molecule has 1 aliphatic rings. The van der Waals surface area contributed by atoms with Gasteiger partial charge in [-0.1, -0.05) is 48.0 Å². The number of amides is 1. The molecule has 1 heterocycles. The van der Waals surface area contributed by atoms with E-state index in [1.165, 1.54) is 5.56 Å². The van der Waals surface area contributed by atoms with E-state index >= 15 is 0 Å².